The Morgan fingerprint density at radius 1 is 1.26 bits per heavy atom. The van der Waals surface area contributed by atoms with E-state index < -0.39 is 11.4 Å². The average Bonchev–Trinajstić information content (AvgIpc) is 2.34. The number of Topliss-reactive ketones (excluding diaryl/α,β-unsaturated/α-hetero) is 1. The van der Waals surface area contributed by atoms with E-state index in [2.05, 4.69) is 18.7 Å². The van der Waals surface area contributed by atoms with Crippen molar-refractivity contribution in [2.45, 2.75) is 41.0 Å². The van der Waals surface area contributed by atoms with E-state index in [0.717, 1.165) is 19.5 Å². The first kappa shape index (κ1) is 16.2. The second-order valence-electron chi connectivity index (χ2n) is 6.25. The molecule has 110 valence electrons. The molecular weight excluding hydrogens is 242 g/mol. The van der Waals surface area contributed by atoms with Gasteiger partial charge >= 0.3 is 5.97 Å². The fourth-order valence-electron chi connectivity index (χ4n) is 2.32. The minimum absolute atomic E-state index is 0.0484. The van der Waals surface area contributed by atoms with Crippen LogP contribution >= 0.6 is 0 Å². The van der Waals surface area contributed by atoms with Crippen molar-refractivity contribution in [1.29, 1.82) is 0 Å². The Hall–Kier alpha value is -0.900. The van der Waals surface area contributed by atoms with E-state index in [1.54, 1.807) is 20.8 Å². The lowest BCUT2D eigenvalue weighted by molar-refractivity contribution is -0.158. The van der Waals surface area contributed by atoms with Gasteiger partial charge in [-0.2, -0.15) is 0 Å². The summed E-state index contributed by atoms with van der Waals surface area (Å²) in [6, 6.07) is 0. The Morgan fingerprint density at radius 3 is 2.42 bits per heavy atom. The lowest BCUT2D eigenvalue weighted by atomic mass is 9.85. The predicted octanol–water partition coefficient (Wildman–Crippen LogP) is 2.12. The molecule has 0 saturated carbocycles. The molecule has 1 aliphatic rings. The van der Waals surface area contributed by atoms with E-state index >= 15 is 0 Å². The predicted molar refractivity (Wildman–Crippen MR) is 74.8 cm³/mol. The Labute approximate surface area is 116 Å². The second kappa shape index (κ2) is 6.51. The van der Waals surface area contributed by atoms with Crippen LogP contribution in [0.5, 0.6) is 0 Å². The van der Waals surface area contributed by atoms with Crippen LogP contribution in [0.1, 0.15) is 41.0 Å². The number of hydrogen-bond donors (Lipinski definition) is 0. The molecular formula is C15H27NO3. The van der Waals surface area contributed by atoms with Crippen molar-refractivity contribution >= 4 is 11.8 Å². The number of ketones is 1. The van der Waals surface area contributed by atoms with Gasteiger partial charge in [0.05, 0.1) is 13.2 Å². The molecule has 1 aliphatic heterocycles. The molecule has 0 N–H and O–H groups in total. The fourth-order valence-corrected chi connectivity index (χ4v) is 2.32. The molecule has 0 aromatic carbocycles. The minimum atomic E-state index is -1.04. The molecule has 1 heterocycles. The number of piperidine rings is 1. The highest BCUT2D eigenvalue weighted by atomic mass is 16.5. The molecule has 2 atom stereocenters. The maximum Gasteiger partial charge on any atom is 0.319 e. The maximum absolute atomic E-state index is 12.3. The van der Waals surface area contributed by atoms with Gasteiger partial charge in [-0.3, -0.25) is 14.5 Å². The van der Waals surface area contributed by atoms with Crippen molar-refractivity contribution in [3.05, 3.63) is 0 Å². The second-order valence-corrected chi connectivity index (χ2v) is 6.25. The number of rotatable bonds is 5. The van der Waals surface area contributed by atoms with Crippen LogP contribution in [0.25, 0.3) is 0 Å². The number of likely N-dealkylation sites (tertiary alicyclic amines) is 1. The summed E-state index contributed by atoms with van der Waals surface area (Å²) in [6.07, 6.45) is 1.12. The van der Waals surface area contributed by atoms with Gasteiger partial charge in [-0.15, -0.1) is 0 Å². The highest BCUT2D eigenvalue weighted by Gasteiger charge is 2.38. The van der Waals surface area contributed by atoms with Gasteiger partial charge < -0.3 is 4.74 Å². The summed E-state index contributed by atoms with van der Waals surface area (Å²) in [4.78, 5) is 26.3. The van der Waals surface area contributed by atoms with Gasteiger partial charge in [0.2, 0.25) is 0 Å². The quantitative estimate of drug-likeness (QED) is 0.566. The summed E-state index contributed by atoms with van der Waals surface area (Å²) in [5.74, 6) is 0.850. The van der Waals surface area contributed by atoms with Crippen LogP contribution in [0.2, 0.25) is 0 Å². The summed E-state index contributed by atoms with van der Waals surface area (Å²) in [5.41, 5.74) is -1.04. The van der Waals surface area contributed by atoms with Crippen molar-refractivity contribution in [1.82, 2.24) is 4.90 Å². The zero-order valence-electron chi connectivity index (χ0n) is 12.9. The fraction of sp³-hybridized carbons (Fsp3) is 0.867. The smallest absolute Gasteiger partial charge is 0.319 e. The average molecular weight is 269 g/mol. The molecule has 4 nitrogen and oxygen atoms in total. The van der Waals surface area contributed by atoms with Crippen molar-refractivity contribution in [2.24, 2.45) is 17.3 Å². The van der Waals surface area contributed by atoms with Crippen LogP contribution in [0.3, 0.4) is 0 Å². The molecule has 19 heavy (non-hydrogen) atoms. The molecule has 1 rings (SSSR count). The molecule has 1 saturated heterocycles. The Morgan fingerprint density at radius 2 is 1.89 bits per heavy atom. The van der Waals surface area contributed by atoms with Crippen LogP contribution in [-0.4, -0.2) is 42.9 Å². The van der Waals surface area contributed by atoms with Crippen molar-refractivity contribution < 1.29 is 14.3 Å². The van der Waals surface area contributed by atoms with E-state index in [-0.39, 0.29) is 5.78 Å². The van der Waals surface area contributed by atoms with Gasteiger partial charge in [0.1, 0.15) is 5.41 Å². The first-order valence-corrected chi connectivity index (χ1v) is 7.21. The third-order valence-electron chi connectivity index (χ3n) is 4.27. The zero-order valence-corrected chi connectivity index (χ0v) is 12.9. The number of ether oxygens (including phenoxy) is 1. The van der Waals surface area contributed by atoms with Gasteiger partial charge in [0.15, 0.2) is 5.78 Å². The topological polar surface area (TPSA) is 46.6 Å². The normalized spacial score (nSPS) is 25.1. The highest BCUT2D eigenvalue weighted by molar-refractivity contribution is 6.03. The number of hydrogen-bond acceptors (Lipinski definition) is 4. The number of esters is 1. The van der Waals surface area contributed by atoms with Crippen LogP contribution in [-0.2, 0) is 14.3 Å². The molecule has 2 unspecified atom stereocenters. The minimum Gasteiger partial charge on any atom is -0.465 e. The number of nitrogens with zero attached hydrogens (tertiary/aromatic N) is 1. The van der Waals surface area contributed by atoms with Crippen LogP contribution < -0.4 is 0 Å². The Balaban J connectivity index is 2.57. The van der Waals surface area contributed by atoms with E-state index in [1.807, 2.05) is 0 Å². The lowest BCUT2D eigenvalue weighted by Crippen LogP contribution is -2.46. The Bertz CT molecular complexity index is 338. The summed E-state index contributed by atoms with van der Waals surface area (Å²) >= 11 is 0. The maximum atomic E-state index is 12.3. The first-order valence-electron chi connectivity index (χ1n) is 7.21. The molecule has 4 heteroatoms. The van der Waals surface area contributed by atoms with E-state index in [9.17, 15) is 9.59 Å². The molecule has 0 radical (unpaired) electrons. The van der Waals surface area contributed by atoms with Gasteiger partial charge in [0, 0.05) is 6.54 Å². The van der Waals surface area contributed by atoms with Gasteiger partial charge in [-0.1, -0.05) is 13.8 Å². The standard InChI is InChI=1S/C15H27NO3/c1-6-19-14(18)15(4,5)13(17)10-16-8-7-11(2)12(3)9-16/h11-12H,6-10H2,1-5H3. The van der Waals surface area contributed by atoms with Gasteiger partial charge in [-0.25, -0.2) is 0 Å². The first-order chi connectivity index (χ1) is 8.78. The van der Waals surface area contributed by atoms with Crippen LogP contribution in [0.4, 0.5) is 0 Å². The summed E-state index contributed by atoms with van der Waals surface area (Å²) in [7, 11) is 0. The van der Waals surface area contributed by atoms with Crippen molar-refractivity contribution in [3.63, 3.8) is 0 Å². The van der Waals surface area contributed by atoms with Gasteiger partial charge in [-0.05, 0) is 45.6 Å². The molecule has 0 amide bonds. The molecule has 0 aliphatic carbocycles. The third-order valence-corrected chi connectivity index (χ3v) is 4.27. The number of carbonyl (C=O) groups is 2. The lowest BCUT2D eigenvalue weighted by Gasteiger charge is -2.36. The monoisotopic (exact) mass is 269 g/mol. The molecule has 0 aromatic rings. The Kier molecular flexibility index (Phi) is 5.53. The number of carbonyl (C=O) groups excluding carboxylic acids is 2. The van der Waals surface area contributed by atoms with Crippen molar-refractivity contribution in [2.75, 3.05) is 26.2 Å². The van der Waals surface area contributed by atoms with E-state index in [0.29, 0.717) is 25.0 Å². The summed E-state index contributed by atoms with van der Waals surface area (Å²) in [6.45, 7) is 12.1. The SMILES string of the molecule is CCOC(=O)C(C)(C)C(=O)CN1CCC(C)C(C)C1. The van der Waals surface area contributed by atoms with E-state index in [1.165, 1.54) is 0 Å². The highest BCUT2D eigenvalue weighted by Crippen LogP contribution is 2.24. The van der Waals surface area contributed by atoms with E-state index in [4.69, 9.17) is 4.74 Å². The molecule has 0 spiro atoms. The zero-order chi connectivity index (χ0) is 14.6. The van der Waals surface area contributed by atoms with Crippen LogP contribution in [0, 0.1) is 17.3 Å². The molecule has 0 bridgehead atoms. The molecule has 0 aromatic heterocycles. The molecule has 1 fully saturated rings. The summed E-state index contributed by atoms with van der Waals surface area (Å²) < 4.78 is 4.98. The van der Waals surface area contributed by atoms with Crippen LogP contribution in [0.15, 0.2) is 0 Å². The van der Waals surface area contributed by atoms with Crippen molar-refractivity contribution in [3.8, 4) is 0 Å². The largest absolute Gasteiger partial charge is 0.465 e. The summed E-state index contributed by atoms with van der Waals surface area (Å²) in [5, 5.41) is 0. The third kappa shape index (κ3) is 4.03. The van der Waals surface area contributed by atoms with Gasteiger partial charge in [0.25, 0.3) is 0 Å².